The van der Waals surface area contributed by atoms with Crippen LogP contribution in [-0.4, -0.2) is 16.8 Å². The Morgan fingerprint density at radius 3 is 2.86 bits per heavy atom. The molecule has 1 heterocycles. The maximum Gasteiger partial charge on any atom is 0.310 e. The van der Waals surface area contributed by atoms with Gasteiger partial charge < -0.3 is 5.11 Å². The molecule has 0 aliphatic carbocycles. The first-order valence-corrected chi connectivity index (χ1v) is 7.83. The van der Waals surface area contributed by atoms with Crippen LogP contribution in [0.2, 0.25) is 0 Å². The van der Waals surface area contributed by atoms with E-state index in [2.05, 4.69) is 12.1 Å². The topological polar surface area (TPSA) is 37.3 Å². The van der Waals surface area contributed by atoms with Crippen LogP contribution in [-0.2, 0) is 4.79 Å². The van der Waals surface area contributed by atoms with Crippen LogP contribution in [0, 0.1) is 5.82 Å². The first kappa shape index (κ1) is 14.1. The standard InChI is InChI=1S/C17H15FO2S/c18-13-5-3-4-11(8-13)15(17(19)20)9-12-10-21-16-7-2-1-6-14(12)16/h1-8,12,15H,9-10H2,(H,19,20). The highest BCUT2D eigenvalue weighted by molar-refractivity contribution is 7.99. The summed E-state index contributed by atoms with van der Waals surface area (Å²) in [4.78, 5) is 12.8. The van der Waals surface area contributed by atoms with Gasteiger partial charge in [-0.25, -0.2) is 4.39 Å². The van der Waals surface area contributed by atoms with Gasteiger partial charge in [-0.2, -0.15) is 0 Å². The number of carbonyl (C=O) groups is 1. The number of fused-ring (bicyclic) bond motifs is 1. The number of halogens is 1. The summed E-state index contributed by atoms with van der Waals surface area (Å²) >= 11 is 1.76. The van der Waals surface area contributed by atoms with E-state index in [-0.39, 0.29) is 11.7 Å². The average Bonchev–Trinajstić information content (AvgIpc) is 2.87. The van der Waals surface area contributed by atoms with Crippen molar-refractivity contribution in [2.24, 2.45) is 0 Å². The van der Waals surface area contributed by atoms with Crippen LogP contribution in [0.3, 0.4) is 0 Å². The average molecular weight is 302 g/mol. The molecule has 0 radical (unpaired) electrons. The summed E-state index contributed by atoms with van der Waals surface area (Å²) in [5.41, 5.74) is 1.75. The van der Waals surface area contributed by atoms with E-state index < -0.39 is 11.9 Å². The quantitative estimate of drug-likeness (QED) is 0.916. The molecule has 2 atom stereocenters. The molecular weight excluding hydrogens is 287 g/mol. The van der Waals surface area contributed by atoms with Gasteiger partial charge in [0.05, 0.1) is 5.92 Å². The van der Waals surface area contributed by atoms with Crippen molar-refractivity contribution in [3.05, 3.63) is 65.5 Å². The van der Waals surface area contributed by atoms with Crippen molar-refractivity contribution in [1.82, 2.24) is 0 Å². The SMILES string of the molecule is O=C(O)C(CC1CSc2ccccc21)c1cccc(F)c1. The van der Waals surface area contributed by atoms with Gasteiger partial charge in [0.25, 0.3) is 0 Å². The van der Waals surface area contributed by atoms with Crippen LogP contribution in [0.4, 0.5) is 4.39 Å². The highest BCUT2D eigenvalue weighted by Crippen LogP contribution is 2.43. The van der Waals surface area contributed by atoms with E-state index >= 15 is 0 Å². The zero-order chi connectivity index (χ0) is 14.8. The zero-order valence-electron chi connectivity index (χ0n) is 11.3. The molecule has 0 fully saturated rings. The predicted octanol–water partition coefficient (Wildman–Crippen LogP) is 4.27. The Bertz CT molecular complexity index is 671. The van der Waals surface area contributed by atoms with Gasteiger partial charge >= 0.3 is 5.97 Å². The van der Waals surface area contributed by atoms with Crippen molar-refractivity contribution in [2.75, 3.05) is 5.75 Å². The second-order valence-electron chi connectivity index (χ2n) is 5.23. The van der Waals surface area contributed by atoms with E-state index in [4.69, 9.17) is 0 Å². The number of benzene rings is 2. The molecule has 3 rings (SSSR count). The molecule has 0 spiro atoms. The number of carboxylic acid groups (broad SMARTS) is 1. The van der Waals surface area contributed by atoms with Gasteiger partial charge in [-0.15, -0.1) is 11.8 Å². The Kier molecular flexibility index (Phi) is 3.97. The lowest BCUT2D eigenvalue weighted by molar-refractivity contribution is -0.139. The molecule has 2 unspecified atom stereocenters. The summed E-state index contributed by atoms with van der Waals surface area (Å²) in [6, 6.07) is 14.0. The number of aliphatic carboxylic acids is 1. The van der Waals surface area contributed by atoms with E-state index in [0.717, 1.165) is 5.75 Å². The Morgan fingerprint density at radius 1 is 1.29 bits per heavy atom. The molecule has 2 aromatic carbocycles. The first-order valence-electron chi connectivity index (χ1n) is 6.85. The smallest absolute Gasteiger partial charge is 0.310 e. The molecule has 0 saturated heterocycles. The Morgan fingerprint density at radius 2 is 2.10 bits per heavy atom. The Balaban J connectivity index is 1.86. The maximum atomic E-state index is 13.3. The number of thioether (sulfide) groups is 1. The van der Waals surface area contributed by atoms with Crippen molar-refractivity contribution in [3.8, 4) is 0 Å². The fourth-order valence-electron chi connectivity index (χ4n) is 2.81. The molecule has 0 aromatic heterocycles. The number of hydrogen-bond acceptors (Lipinski definition) is 2. The van der Waals surface area contributed by atoms with E-state index in [0.29, 0.717) is 12.0 Å². The van der Waals surface area contributed by atoms with Crippen LogP contribution in [0.1, 0.15) is 29.4 Å². The zero-order valence-corrected chi connectivity index (χ0v) is 12.1. The molecule has 1 aliphatic rings. The van der Waals surface area contributed by atoms with Gasteiger partial charge in [0.1, 0.15) is 5.82 Å². The largest absolute Gasteiger partial charge is 0.481 e. The van der Waals surface area contributed by atoms with Crippen molar-refractivity contribution >= 4 is 17.7 Å². The van der Waals surface area contributed by atoms with Gasteiger partial charge in [-0.3, -0.25) is 4.79 Å². The third-order valence-electron chi connectivity index (χ3n) is 3.87. The lowest BCUT2D eigenvalue weighted by Crippen LogP contribution is -2.15. The third-order valence-corrected chi connectivity index (χ3v) is 5.12. The molecule has 2 nitrogen and oxygen atoms in total. The predicted molar refractivity (Wildman–Crippen MR) is 81.3 cm³/mol. The number of hydrogen-bond donors (Lipinski definition) is 1. The van der Waals surface area contributed by atoms with E-state index in [1.165, 1.54) is 22.6 Å². The van der Waals surface area contributed by atoms with E-state index in [1.54, 1.807) is 23.9 Å². The van der Waals surface area contributed by atoms with Gasteiger partial charge in [0.15, 0.2) is 0 Å². The highest BCUT2D eigenvalue weighted by Gasteiger charge is 2.29. The lowest BCUT2D eigenvalue weighted by Gasteiger charge is -2.18. The Hall–Kier alpha value is -1.81. The fourth-order valence-corrected chi connectivity index (χ4v) is 4.08. The normalized spacial score (nSPS) is 18.2. The number of rotatable bonds is 4. The molecule has 21 heavy (non-hydrogen) atoms. The van der Waals surface area contributed by atoms with Crippen LogP contribution in [0.25, 0.3) is 0 Å². The van der Waals surface area contributed by atoms with Crippen molar-refractivity contribution in [3.63, 3.8) is 0 Å². The van der Waals surface area contributed by atoms with Gasteiger partial charge in [0, 0.05) is 10.6 Å². The summed E-state index contributed by atoms with van der Waals surface area (Å²) in [7, 11) is 0. The summed E-state index contributed by atoms with van der Waals surface area (Å²) in [6.45, 7) is 0. The minimum Gasteiger partial charge on any atom is -0.481 e. The van der Waals surface area contributed by atoms with Crippen LogP contribution >= 0.6 is 11.8 Å². The van der Waals surface area contributed by atoms with E-state index in [9.17, 15) is 14.3 Å². The number of carboxylic acids is 1. The molecule has 0 bridgehead atoms. The van der Waals surface area contributed by atoms with Crippen LogP contribution in [0.15, 0.2) is 53.4 Å². The third kappa shape index (κ3) is 2.95. The summed E-state index contributed by atoms with van der Waals surface area (Å²) in [5, 5.41) is 9.50. The summed E-state index contributed by atoms with van der Waals surface area (Å²) < 4.78 is 13.3. The fraction of sp³-hybridized carbons (Fsp3) is 0.235. The van der Waals surface area contributed by atoms with Crippen molar-refractivity contribution in [2.45, 2.75) is 23.2 Å². The molecule has 1 aliphatic heterocycles. The molecule has 2 aromatic rings. The molecule has 0 saturated carbocycles. The minimum atomic E-state index is -0.894. The molecule has 4 heteroatoms. The molecular formula is C17H15FO2S. The minimum absolute atomic E-state index is 0.204. The highest BCUT2D eigenvalue weighted by atomic mass is 32.2. The molecule has 108 valence electrons. The van der Waals surface area contributed by atoms with Crippen molar-refractivity contribution < 1.29 is 14.3 Å². The second kappa shape index (κ2) is 5.90. The lowest BCUT2D eigenvalue weighted by atomic mass is 9.86. The van der Waals surface area contributed by atoms with Crippen molar-refractivity contribution in [1.29, 1.82) is 0 Å². The Labute approximate surface area is 127 Å². The van der Waals surface area contributed by atoms with Crippen LogP contribution < -0.4 is 0 Å². The maximum absolute atomic E-state index is 13.3. The van der Waals surface area contributed by atoms with Gasteiger partial charge in [-0.05, 0) is 41.7 Å². The second-order valence-corrected chi connectivity index (χ2v) is 6.29. The first-order chi connectivity index (χ1) is 10.1. The molecule has 1 N–H and O–H groups in total. The van der Waals surface area contributed by atoms with Gasteiger partial charge in [-0.1, -0.05) is 30.3 Å². The summed E-state index contributed by atoms with van der Waals surface area (Å²) in [5.74, 6) is -0.860. The van der Waals surface area contributed by atoms with Gasteiger partial charge in [0.2, 0.25) is 0 Å². The van der Waals surface area contributed by atoms with Crippen LogP contribution in [0.5, 0.6) is 0 Å². The molecule has 0 amide bonds. The monoisotopic (exact) mass is 302 g/mol. The summed E-state index contributed by atoms with van der Waals surface area (Å²) in [6.07, 6.45) is 0.503. The van der Waals surface area contributed by atoms with E-state index in [1.807, 2.05) is 12.1 Å².